The summed E-state index contributed by atoms with van der Waals surface area (Å²) < 4.78 is 12.6. The van der Waals surface area contributed by atoms with Crippen LogP contribution in [0.15, 0.2) is 16.9 Å². The standard InChI is InChI=1S/C17H25N5O3/c1-4-22-10-13(9-18-22)16(23)19-14(12-5-7-24-8-6-12)17-20-15(11(2)3)21-25-17/h9-12,14H,4-8H2,1-3H3,(H,19,23)/t14-/m1/s1. The molecule has 0 spiro atoms. The maximum absolute atomic E-state index is 12.7. The molecule has 1 aliphatic heterocycles. The van der Waals surface area contributed by atoms with Crippen LogP contribution in [0.1, 0.15) is 67.6 Å². The third kappa shape index (κ3) is 4.07. The van der Waals surface area contributed by atoms with Gasteiger partial charge in [0.1, 0.15) is 6.04 Å². The van der Waals surface area contributed by atoms with Gasteiger partial charge < -0.3 is 14.6 Å². The van der Waals surface area contributed by atoms with Gasteiger partial charge in [-0.05, 0) is 25.7 Å². The molecule has 1 atom stereocenters. The summed E-state index contributed by atoms with van der Waals surface area (Å²) in [6.07, 6.45) is 5.01. The van der Waals surface area contributed by atoms with Crippen LogP contribution in [0.25, 0.3) is 0 Å². The Hall–Kier alpha value is -2.22. The van der Waals surface area contributed by atoms with Gasteiger partial charge in [0, 0.05) is 31.9 Å². The molecule has 1 amide bonds. The summed E-state index contributed by atoms with van der Waals surface area (Å²) in [7, 11) is 0. The number of aryl methyl sites for hydroxylation is 1. The van der Waals surface area contributed by atoms with Gasteiger partial charge in [0.2, 0.25) is 5.89 Å². The third-order valence-corrected chi connectivity index (χ3v) is 4.48. The van der Waals surface area contributed by atoms with Crippen LogP contribution in [0.4, 0.5) is 0 Å². The summed E-state index contributed by atoms with van der Waals surface area (Å²) in [5.74, 6) is 1.32. The van der Waals surface area contributed by atoms with E-state index in [2.05, 4.69) is 20.6 Å². The minimum absolute atomic E-state index is 0.173. The van der Waals surface area contributed by atoms with Crippen LogP contribution in [0, 0.1) is 5.92 Å². The Bertz CT molecular complexity index is 703. The van der Waals surface area contributed by atoms with Crippen molar-refractivity contribution in [3.63, 3.8) is 0 Å². The number of aromatic nitrogens is 4. The molecular formula is C17H25N5O3. The van der Waals surface area contributed by atoms with Crippen molar-refractivity contribution in [2.24, 2.45) is 5.92 Å². The SMILES string of the molecule is CCn1cc(C(=O)N[C@@H](c2nc(C(C)C)no2)C2CCOCC2)cn1. The lowest BCUT2D eigenvalue weighted by Gasteiger charge is -2.28. The van der Waals surface area contributed by atoms with Gasteiger partial charge in [-0.25, -0.2) is 0 Å². The molecule has 2 aromatic rings. The van der Waals surface area contributed by atoms with E-state index in [4.69, 9.17) is 9.26 Å². The van der Waals surface area contributed by atoms with E-state index in [0.29, 0.717) is 30.5 Å². The average molecular weight is 347 g/mol. The van der Waals surface area contributed by atoms with Gasteiger partial charge in [-0.15, -0.1) is 0 Å². The fourth-order valence-electron chi connectivity index (χ4n) is 2.92. The van der Waals surface area contributed by atoms with Gasteiger partial charge in [-0.3, -0.25) is 9.48 Å². The number of hydrogen-bond donors (Lipinski definition) is 1. The number of nitrogens with zero attached hydrogens (tertiary/aromatic N) is 4. The molecule has 3 heterocycles. The Kier molecular flexibility index (Phi) is 5.47. The van der Waals surface area contributed by atoms with Gasteiger partial charge in [0.15, 0.2) is 5.82 Å². The van der Waals surface area contributed by atoms with E-state index in [0.717, 1.165) is 19.4 Å². The number of ether oxygens (including phenoxy) is 1. The number of carbonyl (C=O) groups is 1. The summed E-state index contributed by atoms with van der Waals surface area (Å²) in [5.41, 5.74) is 0.530. The molecule has 1 aliphatic rings. The lowest BCUT2D eigenvalue weighted by Crippen LogP contribution is -2.36. The van der Waals surface area contributed by atoms with Crippen LogP contribution in [0.5, 0.6) is 0 Å². The Labute approximate surface area is 146 Å². The lowest BCUT2D eigenvalue weighted by molar-refractivity contribution is 0.0468. The first kappa shape index (κ1) is 17.6. The molecule has 1 N–H and O–H groups in total. The molecule has 8 heteroatoms. The molecule has 25 heavy (non-hydrogen) atoms. The summed E-state index contributed by atoms with van der Waals surface area (Å²) in [4.78, 5) is 17.2. The second kappa shape index (κ2) is 7.77. The predicted octanol–water partition coefficient (Wildman–Crippen LogP) is 2.31. The number of hydrogen-bond acceptors (Lipinski definition) is 6. The fraction of sp³-hybridized carbons (Fsp3) is 0.647. The number of rotatable bonds is 6. The first-order valence-electron chi connectivity index (χ1n) is 8.83. The maximum Gasteiger partial charge on any atom is 0.255 e. The van der Waals surface area contributed by atoms with Crippen molar-refractivity contribution in [1.29, 1.82) is 0 Å². The Morgan fingerprint density at radius 3 is 2.76 bits per heavy atom. The quantitative estimate of drug-likeness (QED) is 0.861. The topological polar surface area (TPSA) is 95.1 Å². The van der Waals surface area contributed by atoms with E-state index in [1.807, 2.05) is 20.8 Å². The van der Waals surface area contributed by atoms with Crippen molar-refractivity contribution in [2.45, 2.75) is 52.1 Å². The fourth-order valence-corrected chi connectivity index (χ4v) is 2.92. The van der Waals surface area contributed by atoms with Crippen molar-refractivity contribution in [2.75, 3.05) is 13.2 Å². The molecule has 0 bridgehead atoms. The summed E-state index contributed by atoms with van der Waals surface area (Å²) >= 11 is 0. The zero-order valence-electron chi connectivity index (χ0n) is 14.9. The molecule has 0 aromatic carbocycles. The summed E-state index contributed by atoms with van der Waals surface area (Å²) in [6.45, 7) is 8.07. The molecule has 136 valence electrons. The minimum atomic E-state index is -0.318. The normalized spacial score (nSPS) is 17.0. The number of amides is 1. The molecule has 0 saturated carbocycles. The van der Waals surface area contributed by atoms with Gasteiger partial charge in [-0.1, -0.05) is 19.0 Å². The van der Waals surface area contributed by atoms with E-state index in [1.165, 1.54) is 0 Å². The Morgan fingerprint density at radius 2 is 2.16 bits per heavy atom. The van der Waals surface area contributed by atoms with Crippen LogP contribution in [-0.2, 0) is 11.3 Å². The monoisotopic (exact) mass is 347 g/mol. The van der Waals surface area contributed by atoms with Crippen molar-refractivity contribution < 1.29 is 14.1 Å². The highest BCUT2D eigenvalue weighted by Crippen LogP contribution is 2.30. The van der Waals surface area contributed by atoms with Crippen LogP contribution in [0.3, 0.4) is 0 Å². The molecule has 3 rings (SSSR count). The van der Waals surface area contributed by atoms with Crippen molar-refractivity contribution >= 4 is 5.91 Å². The zero-order valence-corrected chi connectivity index (χ0v) is 14.9. The van der Waals surface area contributed by atoms with Crippen LogP contribution in [-0.4, -0.2) is 39.0 Å². The molecule has 2 aromatic heterocycles. The van der Waals surface area contributed by atoms with Gasteiger partial charge in [0.05, 0.1) is 11.8 Å². The largest absolute Gasteiger partial charge is 0.381 e. The second-order valence-electron chi connectivity index (χ2n) is 6.63. The first-order chi connectivity index (χ1) is 12.1. The van der Waals surface area contributed by atoms with Crippen molar-refractivity contribution in [1.82, 2.24) is 25.2 Å². The van der Waals surface area contributed by atoms with Crippen LogP contribution in [0.2, 0.25) is 0 Å². The van der Waals surface area contributed by atoms with E-state index in [-0.39, 0.29) is 23.8 Å². The minimum Gasteiger partial charge on any atom is -0.381 e. The molecule has 1 fully saturated rings. The van der Waals surface area contributed by atoms with Crippen LogP contribution >= 0.6 is 0 Å². The first-order valence-corrected chi connectivity index (χ1v) is 8.83. The van der Waals surface area contributed by atoms with Gasteiger partial charge >= 0.3 is 0 Å². The number of nitrogens with one attached hydrogen (secondary N) is 1. The highest BCUT2D eigenvalue weighted by molar-refractivity contribution is 5.93. The predicted molar refractivity (Wildman–Crippen MR) is 90.0 cm³/mol. The molecule has 1 saturated heterocycles. The van der Waals surface area contributed by atoms with Crippen molar-refractivity contribution in [3.8, 4) is 0 Å². The molecular weight excluding hydrogens is 322 g/mol. The van der Waals surface area contributed by atoms with E-state index in [1.54, 1.807) is 17.1 Å². The molecule has 0 radical (unpaired) electrons. The lowest BCUT2D eigenvalue weighted by atomic mass is 9.91. The van der Waals surface area contributed by atoms with Crippen molar-refractivity contribution in [3.05, 3.63) is 29.7 Å². The zero-order chi connectivity index (χ0) is 17.8. The molecule has 8 nitrogen and oxygen atoms in total. The summed E-state index contributed by atoms with van der Waals surface area (Å²) in [5, 5.41) is 11.3. The second-order valence-corrected chi connectivity index (χ2v) is 6.63. The highest BCUT2D eigenvalue weighted by atomic mass is 16.5. The highest BCUT2D eigenvalue weighted by Gasteiger charge is 2.32. The van der Waals surface area contributed by atoms with E-state index in [9.17, 15) is 4.79 Å². The van der Waals surface area contributed by atoms with Gasteiger partial charge in [0.25, 0.3) is 5.91 Å². The Balaban J connectivity index is 1.81. The van der Waals surface area contributed by atoms with E-state index >= 15 is 0 Å². The molecule has 0 aliphatic carbocycles. The maximum atomic E-state index is 12.7. The summed E-state index contributed by atoms with van der Waals surface area (Å²) in [6, 6.07) is -0.318. The third-order valence-electron chi connectivity index (χ3n) is 4.48. The Morgan fingerprint density at radius 1 is 1.40 bits per heavy atom. The van der Waals surface area contributed by atoms with Crippen LogP contribution < -0.4 is 5.32 Å². The average Bonchev–Trinajstić information content (AvgIpc) is 3.29. The number of carbonyl (C=O) groups excluding carboxylic acids is 1. The van der Waals surface area contributed by atoms with Gasteiger partial charge in [-0.2, -0.15) is 10.1 Å². The molecule has 0 unspecified atom stereocenters. The van der Waals surface area contributed by atoms with E-state index < -0.39 is 0 Å². The smallest absolute Gasteiger partial charge is 0.255 e.